The van der Waals surface area contributed by atoms with Crippen LogP contribution in [0.25, 0.3) is 11.1 Å². The molecule has 0 saturated carbocycles. The molecule has 0 bridgehead atoms. The van der Waals surface area contributed by atoms with Crippen molar-refractivity contribution < 1.29 is 9.50 Å². The lowest BCUT2D eigenvalue weighted by Crippen LogP contribution is -1.90. The Morgan fingerprint density at radius 1 is 1.47 bits per heavy atom. The first-order valence-electron chi connectivity index (χ1n) is 4.07. The summed E-state index contributed by atoms with van der Waals surface area (Å²) in [6.45, 7) is 0. The number of benzene rings is 1. The van der Waals surface area contributed by atoms with Crippen molar-refractivity contribution >= 4 is 21.7 Å². The zero-order valence-corrected chi connectivity index (χ0v) is 9.05. The average Bonchev–Trinajstić information content (AvgIpc) is 2.60. The van der Waals surface area contributed by atoms with Crippen LogP contribution in [0.15, 0.2) is 22.8 Å². The van der Waals surface area contributed by atoms with Crippen LogP contribution < -0.4 is 5.73 Å². The van der Waals surface area contributed by atoms with Crippen molar-refractivity contribution in [1.82, 2.24) is 10.2 Å². The Balaban J connectivity index is 2.72. The van der Waals surface area contributed by atoms with Gasteiger partial charge in [0.2, 0.25) is 0 Å². The summed E-state index contributed by atoms with van der Waals surface area (Å²) < 4.78 is 13.7. The van der Waals surface area contributed by atoms with Crippen molar-refractivity contribution in [3.8, 4) is 16.9 Å². The molecule has 4 N–H and O–H groups in total. The minimum Gasteiger partial charge on any atom is -0.504 e. The number of nitrogens with one attached hydrogen (secondary N) is 1. The zero-order chi connectivity index (χ0) is 11.0. The van der Waals surface area contributed by atoms with Gasteiger partial charge >= 0.3 is 0 Å². The highest BCUT2D eigenvalue weighted by atomic mass is 79.9. The van der Waals surface area contributed by atoms with E-state index in [-0.39, 0.29) is 5.82 Å². The molecule has 2 rings (SSSR count). The number of H-pyrrole nitrogens is 1. The van der Waals surface area contributed by atoms with Crippen LogP contribution in [0.5, 0.6) is 5.75 Å². The van der Waals surface area contributed by atoms with E-state index < -0.39 is 11.6 Å². The highest BCUT2D eigenvalue weighted by Crippen LogP contribution is 2.39. The lowest BCUT2D eigenvalue weighted by Gasteiger charge is -2.06. The summed E-state index contributed by atoms with van der Waals surface area (Å²) in [5, 5.41) is 15.8. The van der Waals surface area contributed by atoms with E-state index in [0.717, 1.165) is 0 Å². The molecule has 0 spiro atoms. The molecule has 1 aromatic heterocycles. The second kappa shape index (κ2) is 3.54. The van der Waals surface area contributed by atoms with Crippen molar-refractivity contribution in [3.05, 3.63) is 28.6 Å². The summed E-state index contributed by atoms with van der Waals surface area (Å²) in [6.07, 6.45) is 1.43. The highest BCUT2D eigenvalue weighted by Gasteiger charge is 2.16. The molecule has 6 heteroatoms. The van der Waals surface area contributed by atoms with Crippen LogP contribution in [0.4, 0.5) is 10.2 Å². The summed E-state index contributed by atoms with van der Waals surface area (Å²) in [6, 6.07) is 2.66. The molecule has 78 valence electrons. The Kier molecular flexibility index (Phi) is 2.36. The average molecular weight is 272 g/mol. The fraction of sp³-hybridized carbons (Fsp3) is 0. The van der Waals surface area contributed by atoms with Crippen molar-refractivity contribution in [2.75, 3.05) is 5.73 Å². The lowest BCUT2D eigenvalue weighted by atomic mass is 10.1. The van der Waals surface area contributed by atoms with E-state index >= 15 is 0 Å². The van der Waals surface area contributed by atoms with E-state index in [2.05, 4.69) is 26.1 Å². The molecule has 1 heterocycles. The van der Waals surface area contributed by atoms with Crippen molar-refractivity contribution in [1.29, 1.82) is 0 Å². The molecule has 0 radical (unpaired) electrons. The molecule has 0 unspecified atom stereocenters. The second-order valence-electron chi connectivity index (χ2n) is 2.95. The quantitative estimate of drug-likeness (QED) is 0.745. The van der Waals surface area contributed by atoms with Crippen LogP contribution in [-0.2, 0) is 0 Å². The number of hydrogen-bond donors (Lipinski definition) is 3. The molecule has 2 aromatic rings. The molecule has 0 saturated heterocycles. The summed E-state index contributed by atoms with van der Waals surface area (Å²) in [5.74, 6) is -0.872. The SMILES string of the molecule is Nc1[nH]ncc1-c1c(Br)ccc(F)c1O. The fourth-order valence-electron chi connectivity index (χ4n) is 1.29. The van der Waals surface area contributed by atoms with Gasteiger partial charge in [0.1, 0.15) is 5.82 Å². The molecule has 0 fully saturated rings. The Morgan fingerprint density at radius 3 is 2.80 bits per heavy atom. The van der Waals surface area contributed by atoms with Gasteiger partial charge in [0.05, 0.1) is 6.20 Å². The van der Waals surface area contributed by atoms with E-state index in [9.17, 15) is 9.50 Å². The number of phenols is 1. The molecule has 15 heavy (non-hydrogen) atoms. The monoisotopic (exact) mass is 271 g/mol. The standard InChI is InChI=1S/C9H7BrFN3O/c10-5-1-2-6(11)8(15)7(5)4-3-13-14-9(4)12/h1-3,15H,(H3,12,13,14). The van der Waals surface area contributed by atoms with Crippen LogP contribution in [-0.4, -0.2) is 15.3 Å². The molecular formula is C9H7BrFN3O. The summed E-state index contributed by atoms with van der Waals surface area (Å²) >= 11 is 3.21. The van der Waals surface area contributed by atoms with E-state index in [4.69, 9.17) is 5.73 Å². The van der Waals surface area contributed by atoms with Crippen molar-refractivity contribution in [2.45, 2.75) is 0 Å². The summed E-state index contributed by atoms with van der Waals surface area (Å²) in [4.78, 5) is 0. The number of aromatic nitrogens is 2. The number of hydrogen-bond acceptors (Lipinski definition) is 3. The Morgan fingerprint density at radius 2 is 2.20 bits per heavy atom. The topological polar surface area (TPSA) is 74.9 Å². The van der Waals surface area contributed by atoms with E-state index in [1.807, 2.05) is 0 Å². The number of phenolic OH excluding ortho intramolecular Hbond substituents is 1. The third-order valence-corrected chi connectivity index (χ3v) is 2.68. The second-order valence-corrected chi connectivity index (χ2v) is 3.80. The summed E-state index contributed by atoms with van der Waals surface area (Å²) in [5.41, 5.74) is 6.34. The fourth-order valence-corrected chi connectivity index (χ4v) is 1.83. The van der Waals surface area contributed by atoms with Gasteiger partial charge in [0, 0.05) is 15.6 Å². The minimum atomic E-state index is -0.700. The van der Waals surface area contributed by atoms with E-state index in [1.54, 1.807) is 0 Å². The van der Waals surface area contributed by atoms with Crippen LogP contribution in [0.3, 0.4) is 0 Å². The number of anilines is 1. The van der Waals surface area contributed by atoms with Gasteiger partial charge in [0.25, 0.3) is 0 Å². The number of halogens is 2. The maximum atomic E-state index is 13.1. The molecule has 4 nitrogen and oxygen atoms in total. The number of rotatable bonds is 1. The van der Waals surface area contributed by atoms with Gasteiger partial charge in [-0.25, -0.2) is 4.39 Å². The number of aromatic hydroxyl groups is 1. The first-order chi connectivity index (χ1) is 7.11. The molecule has 1 aromatic carbocycles. The normalized spacial score (nSPS) is 10.5. The number of nitrogens with zero attached hydrogens (tertiary/aromatic N) is 1. The van der Waals surface area contributed by atoms with Gasteiger partial charge in [-0.2, -0.15) is 5.10 Å². The van der Waals surface area contributed by atoms with Crippen LogP contribution >= 0.6 is 15.9 Å². The molecular weight excluding hydrogens is 265 g/mol. The summed E-state index contributed by atoms with van der Waals surface area (Å²) in [7, 11) is 0. The molecule has 0 amide bonds. The predicted octanol–water partition coefficient (Wildman–Crippen LogP) is 2.27. The van der Waals surface area contributed by atoms with Crippen molar-refractivity contribution in [2.24, 2.45) is 0 Å². The first-order valence-corrected chi connectivity index (χ1v) is 4.86. The maximum Gasteiger partial charge on any atom is 0.165 e. The largest absolute Gasteiger partial charge is 0.504 e. The van der Waals surface area contributed by atoms with Gasteiger partial charge in [-0.05, 0) is 12.1 Å². The first kappa shape index (κ1) is 9.97. The number of nitrogen functional groups attached to an aromatic ring is 1. The van der Waals surface area contributed by atoms with Crippen LogP contribution in [0.1, 0.15) is 0 Å². The number of aromatic amines is 1. The molecule has 0 aliphatic rings. The Bertz CT molecular complexity index is 512. The van der Waals surface area contributed by atoms with Gasteiger partial charge in [-0.3, -0.25) is 5.10 Å². The van der Waals surface area contributed by atoms with Gasteiger partial charge in [0.15, 0.2) is 11.6 Å². The lowest BCUT2D eigenvalue weighted by molar-refractivity contribution is 0.434. The maximum absolute atomic E-state index is 13.1. The molecule has 0 aliphatic heterocycles. The van der Waals surface area contributed by atoms with E-state index in [1.165, 1.54) is 18.3 Å². The molecule has 0 aliphatic carbocycles. The smallest absolute Gasteiger partial charge is 0.165 e. The van der Waals surface area contributed by atoms with Gasteiger partial charge in [-0.1, -0.05) is 15.9 Å². The minimum absolute atomic E-state index is 0.275. The Labute approximate surface area is 93.1 Å². The predicted molar refractivity (Wildman–Crippen MR) is 57.8 cm³/mol. The van der Waals surface area contributed by atoms with Gasteiger partial charge < -0.3 is 10.8 Å². The zero-order valence-electron chi connectivity index (χ0n) is 7.46. The van der Waals surface area contributed by atoms with Gasteiger partial charge in [-0.15, -0.1) is 0 Å². The highest BCUT2D eigenvalue weighted by molar-refractivity contribution is 9.10. The number of nitrogens with two attached hydrogens (primary N) is 1. The third-order valence-electron chi connectivity index (χ3n) is 2.02. The van der Waals surface area contributed by atoms with E-state index in [0.29, 0.717) is 15.6 Å². The third kappa shape index (κ3) is 1.56. The van der Waals surface area contributed by atoms with Crippen LogP contribution in [0.2, 0.25) is 0 Å². The van der Waals surface area contributed by atoms with Crippen molar-refractivity contribution in [3.63, 3.8) is 0 Å². The molecule has 0 atom stereocenters. The van der Waals surface area contributed by atoms with Crippen LogP contribution in [0, 0.1) is 5.82 Å². The Hall–Kier alpha value is -1.56.